The number of nitrogens with zero attached hydrogens (tertiary/aromatic N) is 4. The van der Waals surface area contributed by atoms with Crippen molar-refractivity contribution in [2.75, 3.05) is 42.1 Å². The van der Waals surface area contributed by atoms with Gasteiger partial charge in [-0.1, -0.05) is 46.8 Å². The average molecular weight is 410 g/mol. The maximum atomic E-state index is 12.5. The minimum atomic E-state index is 0.153. The van der Waals surface area contributed by atoms with Crippen LogP contribution >= 0.6 is 34.7 Å². The van der Waals surface area contributed by atoms with Gasteiger partial charge in [0.25, 0.3) is 0 Å². The maximum absolute atomic E-state index is 12.5. The molecule has 0 spiro atoms. The highest BCUT2D eigenvalue weighted by atomic mass is 35.5. The third-order valence-corrected chi connectivity index (χ3v) is 6.75. The second-order valence-corrected chi connectivity index (χ2v) is 9.01. The van der Waals surface area contributed by atoms with Crippen LogP contribution in [0.25, 0.3) is 0 Å². The van der Waals surface area contributed by atoms with E-state index in [0.717, 1.165) is 46.4 Å². The molecule has 1 N–H and O–H groups in total. The Balaban J connectivity index is 1.24. The molecule has 4 rings (SSSR count). The zero-order valence-electron chi connectivity index (χ0n) is 14.2. The zero-order valence-corrected chi connectivity index (χ0v) is 16.6. The van der Waals surface area contributed by atoms with Crippen LogP contribution in [-0.2, 0) is 4.79 Å². The van der Waals surface area contributed by atoms with Gasteiger partial charge in [-0.15, -0.1) is 10.2 Å². The standard InChI is InChI=1S/C17H20ClN5OS2/c18-13-3-1-2-4-14(13)22-7-9-23(10-8-22)15(24)11-25-17-21-20-16(26-17)19-12-5-6-12/h1-4,12H,5-11H2,(H,19,20). The monoisotopic (exact) mass is 409 g/mol. The van der Waals surface area contributed by atoms with Gasteiger partial charge >= 0.3 is 0 Å². The number of amides is 1. The molecule has 26 heavy (non-hydrogen) atoms. The van der Waals surface area contributed by atoms with Gasteiger partial charge in [0.05, 0.1) is 16.5 Å². The Hall–Kier alpha value is -1.51. The highest BCUT2D eigenvalue weighted by molar-refractivity contribution is 8.01. The molecule has 1 aromatic heterocycles. The maximum Gasteiger partial charge on any atom is 0.233 e. The molecule has 2 aliphatic rings. The fourth-order valence-corrected chi connectivity index (χ4v) is 4.84. The summed E-state index contributed by atoms with van der Waals surface area (Å²) in [6.45, 7) is 3.03. The quantitative estimate of drug-likeness (QED) is 0.739. The summed E-state index contributed by atoms with van der Waals surface area (Å²) in [5.41, 5.74) is 1.04. The molecule has 2 aromatic rings. The van der Waals surface area contributed by atoms with Crippen LogP contribution in [0.2, 0.25) is 5.02 Å². The van der Waals surface area contributed by atoms with Gasteiger partial charge in [0, 0.05) is 32.2 Å². The molecule has 1 amide bonds. The molecule has 0 unspecified atom stereocenters. The van der Waals surface area contributed by atoms with Crippen LogP contribution in [0.15, 0.2) is 28.6 Å². The largest absolute Gasteiger partial charge is 0.367 e. The Labute approximate surface area is 165 Å². The number of carbonyl (C=O) groups excluding carboxylic acids is 1. The number of aromatic nitrogens is 2. The Morgan fingerprint density at radius 1 is 1.23 bits per heavy atom. The number of nitrogens with one attached hydrogen (secondary N) is 1. The Morgan fingerprint density at radius 3 is 2.73 bits per heavy atom. The first kappa shape index (κ1) is 17.9. The summed E-state index contributed by atoms with van der Waals surface area (Å²) in [7, 11) is 0. The van der Waals surface area contributed by atoms with Crippen molar-refractivity contribution in [3.63, 3.8) is 0 Å². The van der Waals surface area contributed by atoms with Gasteiger partial charge in [-0.3, -0.25) is 4.79 Å². The molecule has 0 bridgehead atoms. The number of hydrogen-bond acceptors (Lipinski definition) is 7. The zero-order chi connectivity index (χ0) is 17.9. The molecule has 0 radical (unpaired) electrons. The van der Waals surface area contributed by atoms with Crippen molar-refractivity contribution in [2.24, 2.45) is 0 Å². The molecule has 1 aromatic carbocycles. The summed E-state index contributed by atoms with van der Waals surface area (Å²) in [5, 5.41) is 13.2. The summed E-state index contributed by atoms with van der Waals surface area (Å²) < 4.78 is 0.844. The number of thioether (sulfide) groups is 1. The van der Waals surface area contributed by atoms with Crippen LogP contribution in [0, 0.1) is 0 Å². The second kappa shape index (κ2) is 8.02. The van der Waals surface area contributed by atoms with Gasteiger partial charge in [0.15, 0.2) is 4.34 Å². The van der Waals surface area contributed by atoms with Crippen LogP contribution in [-0.4, -0.2) is 59.0 Å². The SMILES string of the molecule is O=C(CSc1nnc(NC2CC2)s1)N1CCN(c2ccccc2Cl)CC1. The predicted octanol–water partition coefficient (Wildman–Crippen LogP) is 3.21. The molecule has 1 aliphatic carbocycles. The molecule has 2 fully saturated rings. The van der Waals surface area contributed by atoms with Crippen molar-refractivity contribution in [3.8, 4) is 0 Å². The Bertz CT molecular complexity index is 774. The lowest BCUT2D eigenvalue weighted by Gasteiger charge is -2.36. The van der Waals surface area contributed by atoms with E-state index in [9.17, 15) is 4.79 Å². The molecular weight excluding hydrogens is 390 g/mol. The first-order valence-corrected chi connectivity index (χ1v) is 10.9. The number of hydrogen-bond donors (Lipinski definition) is 1. The highest BCUT2D eigenvalue weighted by Gasteiger charge is 2.24. The van der Waals surface area contributed by atoms with E-state index in [0.29, 0.717) is 11.8 Å². The number of anilines is 2. The lowest BCUT2D eigenvalue weighted by Crippen LogP contribution is -2.49. The van der Waals surface area contributed by atoms with Crippen LogP contribution < -0.4 is 10.2 Å². The van der Waals surface area contributed by atoms with E-state index < -0.39 is 0 Å². The van der Waals surface area contributed by atoms with Crippen molar-refractivity contribution in [2.45, 2.75) is 23.2 Å². The third kappa shape index (κ3) is 4.42. The van der Waals surface area contributed by atoms with Crippen molar-refractivity contribution < 1.29 is 4.79 Å². The molecule has 2 heterocycles. The van der Waals surface area contributed by atoms with Gasteiger partial charge in [-0.05, 0) is 25.0 Å². The van der Waals surface area contributed by atoms with E-state index in [-0.39, 0.29) is 5.91 Å². The molecular formula is C17H20ClN5OS2. The van der Waals surface area contributed by atoms with Crippen LogP contribution in [0.4, 0.5) is 10.8 Å². The summed E-state index contributed by atoms with van der Waals surface area (Å²) in [4.78, 5) is 16.6. The minimum absolute atomic E-state index is 0.153. The van der Waals surface area contributed by atoms with Crippen molar-refractivity contribution in [3.05, 3.63) is 29.3 Å². The number of para-hydroxylation sites is 1. The number of halogens is 1. The van der Waals surface area contributed by atoms with Crippen molar-refractivity contribution in [1.29, 1.82) is 0 Å². The van der Waals surface area contributed by atoms with E-state index in [2.05, 4.69) is 20.4 Å². The third-order valence-electron chi connectivity index (χ3n) is 4.46. The summed E-state index contributed by atoms with van der Waals surface area (Å²) in [6, 6.07) is 8.42. The number of benzene rings is 1. The van der Waals surface area contributed by atoms with Gasteiger partial charge in [0.1, 0.15) is 0 Å². The number of carbonyl (C=O) groups is 1. The minimum Gasteiger partial charge on any atom is -0.367 e. The van der Waals surface area contributed by atoms with Crippen molar-refractivity contribution >= 4 is 51.4 Å². The molecule has 6 nitrogen and oxygen atoms in total. The molecule has 0 atom stereocenters. The predicted molar refractivity (Wildman–Crippen MR) is 108 cm³/mol. The van der Waals surface area contributed by atoms with Crippen LogP contribution in [0.1, 0.15) is 12.8 Å². The van der Waals surface area contributed by atoms with E-state index in [4.69, 9.17) is 11.6 Å². The van der Waals surface area contributed by atoms with Gasteiger partial charge in [-0.25, -0.2) is 0 Å². The lowest BCUT2D eigenvalue weighted by molar-refractivity contribution is -0.128. The second-order valence-electron chi connectivity index (χ2n) is 6.40. The first-order chi connectivity index (χ1) is 12.7. The Kier molecular flexibility index (Phi) is 5.52. The number of piperazine rings is 1. The average Bonchev–Trinajstić information content (AvgIpc) is 3.36. The van der Waals surface area contributed by atoms with E-state index >= 15 is 0 Å². The van der Waals surface area contributed by atoms with E-state index in [1.807, 2.05) is 29.2 Å². The van der Waals surface area contributed by atoms with Crippen molar-refractivity contribution in [1.82, 2.24) is 15.1 Å². The topological polar surface area (TPSA) is 61.4 Å². The van der Waals surface area contributed by atoms with Crippen LogP contribution in [0.5, 0.6) is 0 Å². The fourth-order valence-electron chi connectivity index (χ4n) is 2.85. The molecule has 9 heteroatoms. The molecule has 1 saturated heterocycles. The number of rotatable bonds is 6. The van der Waals surface area contributed by atoms with E-state index in [1.54, 1.807) is 0 Å². The van der Waals surface area contributed by atoms with Gasteiger partial charge in [0.2, 0.25) is 11.0 Å². The lowest BCUT2D eigenvalue weighted by atomic mass is 10.2. The summed E-state index contributed by atoms with van der Waals surface area (Å²) in [5.74, 6) is 0.560. The van der Waals surface area contributed by atoms with Crippen LogP contribution in [0.3, 0.4) is 0 Å². The van der Waals surface area contributed by atoms with E-state index in [1.165, 1.54) is 35.9 Å². The Morgan fingerprint density at radius 2 is 2.00 bits per heavy atom. The molecule has 1 aliphatic heterocycles. The molecule has 138 valence electrons. The normalized spacial score (nSPS) is 17.4. The van der Waals surface area contributed by atoms with Gasteiger partial charge in [-0.2, -0.15) is 0 Å². The summed E-state index contributed by atoms with van der Waals surface area (Å²) in [6.07, 6.45) is 2.42. The molecule has 1 saturated carbocycles. The highest BCUT2D eigenvalue weighted by Crippen LogP contribution is 2.30. The summed E-state index contributed by atoms with van der Waals surface area (Å²) >= 11 is 9.26. The fraction of sp³-hybridized carbons (Fsp3) is 0.471. The smallest absolute Gasteiger partial charge is 0.233 e. The first-order valence-electron chi connectivity index (χ1n) is 8.69. The van der Waals surface area contributed by atoms with Gasteiger partial charge < -0.3 is 15.1 Å².